The van der Waals surface area contributed by atoms with Crippen molar-refractivity contribution in [3.63, 3.8) is 0 Å². The molecule has 37 heavy (non-hydrogen) atoms. The van der Waals surface area contributed by atoms with E-state index >= 15 is 0 Å². The highest BCUT2D eigenvalue weighted by Gasteiger charge is 2.35. The third-order valence-corrected chi connectivity index (χ3v) is 8.40. The molecule has 2 amide bonds. The lowest BCUT2D eigenvalue weighted by atomic mass is 10.1. The lowest BCUT2D eigenvalue weighted by molar-refractivity contribution is -0.140. The van der Waals surface area contributed by atoms with Gasteiger partial charge in [0.15, 0.2) is 0 Å². The summed E-state index contributed by atoms with van der Waals surface area (Å²) < 4.78 is 33.1. The highest BCUT2D eigenvalue weighted by molar-refractivity contribution is 7.93. The van der Waals surface area contributed by atoms with Crippen LogP contribution in [0, 0.1) is 0 Å². The van der Waals surface area contributed by atoms with Crippen LogP contribution in [0.4, 0.5) is 5.69 Å². The number of sulfonamides is 1. The largest absolute Gasteiger partial charge is 0.497 e. The molecule has 8 nitrogen and oxygen atoms in total. The van der Waals surface area contributed by atoms with E-state index in [2.05, 4.69) is 5.32 Å². The second-order valence-electron chi connectivity index (χ2n) is 9.52. The first-order valence-corrected chi connectivity index (χ1v) is 13.8. The molecule has 1 aliphatic rings. The van der Waals surface area contributed by atoms with Gasteiger partial charge in [-0.3, -0.25) is 13.9 Å². The summed E-state index contributed by atoms with van der Waals surface area (Å²) in [5.74, 6) is 0.255. The van der Waals surface area contributed by atoms with Crippen molar-refractivity contribution in [1.82, 2.24) is 10.2 Å². The summed E-state index contributed by atoms with van der Waals surface area (Å²) in [5, 5.41) is 4.46. The van der Waals surface area contributed by atoms with E-state index in [1.54, 1.807) is 37.1 Å². The molecule has 0 spiro atoms. The van der Waals surface area contributed by atoms with Gasteiger partial charge < -0.3 is 15.0 Å². The first-order valence-electron chi connectivity index (χ1n) is 12.4. The molecule has 0 saturated carbocycles. The second kappa shape index (κ2) is 10.8. The number of nitrogens with zero attached hydrogens (tertiary/aromatic N) is 2. The van der Waals surface area contributed by atoms with Gasteiger partial charge in [-0.1, -0.05) is 36.4 Å². The van der Waals surface area contributed by atoms with Crippen molar-refractivity contribution in [2.75, 3.05) is 18.0 Å². The Hall–Kier alpha value is -3.59. The quantitative estimate of drug-likeness (QED) is 0.432. The normalized spacial score (nSPS) is 14.6. The monoisotopic (exact) mass is 523 g/mol. The Morgan fingerprint density at radius 2 is 1.68 bits per heavy atom. The molecule has 1 aliphatic heterocycles. The Morgan fingerprint density at radius 1 is 1.00 bits per heavy atom. The maximum absolute atomic E-state index is 13.4. The second-order valence-corrected chi connectivity index (χ2v) is 11.4. The number of benzene rings is 3. The summed E-state index contributed by atoms with van der Waals surface area (Å²) in [5.41, 5.74) is 1.50. The fourth-order valence-corrected chi connectivity index (χ4v) is 6.38. The lowest BCUT2D eigenvalue weighted by Crippen LogP contribution is -2.49. The molecule has 1 heterocycles. The number of rotatable bonds is 10. The molecular formula is C28H33N3O5S. The van der Waals surface area contributed by atoms with E-state index in [1.165, 1.54) is 4.31 Å². The molecule has 4 rings (SSSR count). The van der Waals surface area contributed by atoms with Gasteiger partial charge in [0.1, 0.15) is 11.8 Å². The van der Waals surface area contributed by atoms with E-state index in [4.69, 9.17) is 4.74 Å². The third-order valence-electron chi connectivity index (χ3n) is 6.54. The molecular weight excluding hydrogens is 490 g/mol. The molecule has 9 heteroatoms. The van der Waals surface area contributed by atoms with E-state index in [0.29, 0.717) is 22.8 Å². The van der Waals surface area contributed by atoms with E-state index in [9.17, 15) is 18.0 Å². The number of hydrogen-bond acceptors (Lipinski definition) is 5. The predicted molar refractivity (Wildman–Crippen MR) is 144 cm³/mol. The Morgan fingerprint density at radius 3 is 2.32 bits per heavy atom. The highest BCUT2D eigenvalue weighted by Crippen LogP contribution is 2.42. The zero-order valence-electron chi connectivity index (χ0n) is 21.6. The summed E-state index contributed by atoms with van der Waals surface area (Å²) in [4.78, 5) is 28.0. The summed E-state index contributed by atoms with van der Waals surface area (Å²) >= 11 is 0. The smallest absolute Gasteiger partial charge is 0.265 e. The number of anilines is 1. The zero-order chi connectivity index (χ0) is 26.7. The maximum atomic E-state index is 13.4. The fourth-order valence-electron chi connectivity index (χ4n) is 4.63. The molecule has 0 saturated heterocycles. The fraction of sp³-hybridized carbons (Fsp3) is 0.357. The van der Waals surface area contributed by atoms with Crippen LogP contribution >= 0.6 is 0 Å². The van der Waals surface area contributed by atoms with Crippen molar-refractivity contribution in [3.05, 3.63) is 66.2 Å². The summed E-state index contributed by atoms with van der Waals surface area (Å²) in [6, 6.07) is 17.4. The number of amides is 2. The standard InChI is InChI=1S/C28H33N3O5S/c1-19(2)29-28(33)20(3)30(18-21-13-15-23(36-4)16-14-21)26(32)12-7-17-31-24-10-5-8-22-9-6-11-25(27(22)24)37(31,34)35/h5-6,8-11,13-16,19-20H,7,12,17-18H2,1-4H3,(H,29,33). The molecule has 1 N–H and O–H groups in total. The molecule has 0 bridgehead atoms. The minimum atomic E-state index is -3.68. The van der Waals surface area contributed by atoms with Gasteiger partial charge in [-0.25, -0.2) is 8.42 Å². The highest BCUT2D eigenvalue weighted by atomic mass is 32.2. The third kappa shape index (κ3) is 5.41. The molecule has 3 aromatic carbocycles. The van der Waals surface area contributed by atoms with Crippen molar-refractivity contribution in [3.8, 4) is 5.75 Å². The van der Waals surface area contributed by atoms with Crippen LogP contribution in [0.15, 0.2) is 65.6 Å². The van der Waals surface area contributed by atoms with Crippen LogP contribution in [0.25, 0.3) is 10.8 Å². The van der Waals surface area contributed by atoms with Gasteiger partial charge >= 0.3 is 0 Å². The van der Waals surface area contributed by atoms with Crippen molar-refractivity contribution in [2.24, 2.45) is 0 Å². The number of ether oxygens (including phenoxy) is 1. The first kappa shape index (κ1) is 26.5. The van der Waals surface area contributed by atoms with E-state index in [1.807, 2.05) is 56.3 Å². The zero-order valence-corrected chi connectivity index (χ0v) is 22.4. The Bertz CT molecular complexity index is 1400. The van der Waals surface area contributed by atoms with E-state index in [-0.39, 0.29) is 37.4 Å². The van der Waals surface area contributed by atoms with Crippen LogP contribution in [0.5, 0.6) is 5.75 Å². The van der Waals surface area contributed by atoms with Gasteiger partial charge in [-0.15, -0.1) is 0 Å². The Labute approximate surface area is 218 Å². The van der Waals surface area contributed by atoms with Crippen molar-refractivity contribution in [2.45, 2.75) is 57.1 Å². The first-order chi connectivity index (χ1) is 17.6. The van der Waals surface area contributed by atoms with Crippen LogP contribution in [-0.4, -0.2) is 50.9 Å². The maximum Gasteiger partial charge on any atom is 0.265 e. The van der Waals surface area contributed by atoms with Crippen molar-refractivity contribution in [1.29, 1.82) is 0 Å². The average molecular weight is 524 g/mol. The van der Waals surface area contributed by atoms with Crippen LogP contribution in [0.3, 0.4) is 0 Å². The number of carbonyl (C=O) groups is 2. The molecule has 0 aliphatic carbocycles. The van der Waals surface area contributed by atoms with Crippen molar-refractivity contribution >= 4 is 38.3 Å². The Kier molecular flexibility index (Phi) is 7.73. The van der Waals surface area contributed by atoms with Crippen LogP contribution in [0.2, 0.25) is 0 Å². The lowest BCUT2D eigenvalue weighted by Gasteiger charge is -2.30. The topological polar surface area (TPSA) is 96.0 Å². The Balaban J connectivity index is 1.49. The van der Waals surface area contributed by atoms with Crippen LogP contribution < -0.4 is 14.4 Å². The summed E-state index contributed by atoms with van der Waals surface area (Å²) in [7, 11) is -2.10. The molecule has 196 valence electrons. The molecule has 1 unspecified atom stereocenters. The number of carbonyl (C=O) groups excluding carboxylic acids is 2. The van der Waals surface area contributed by atoms with Crippen LogP contribution in [-0.2, 0) is 26.2 Å². The van der Waals surface area contributed by atoms with Gasteiger partial charge in [0.25, 0.3) is 10.0 Å². The minimum Gasteiger partial charge on any atom is -0.497 e. The van der Waals surface area contributed by atoms with Crippen molar-refractivity contribution < 1.29 is 22.7 Å². The van der Waals surface area contributed by atoms with Crippen LogP contribution in [0.1, 0.15) is 39.2 Å². The number of methoxy groups -OCH3 is 1. The minimum absolute atomic E-state index is 0.0578. The van der Waals surface area contributed by atoms with Gasteiger partial charge in [0.2, 0.25) is 11.8 Å². The molecule has 3 aromatic rings. The van der Waals surface area contributed by atoms with Gasteiger partial charge in [-0.2, -0.15) is 0 Å². The van der Waals surface area contributed by atoms with Gasteiger partial charge in [0, 0.05) is 30.9 Å². The summed E-state index contributed by atoms with van der Waals surface area (Å²) in [6.07, 6.45) is 0.424. The SMILES string of the molecule is COc1ccc(CN(C(=O)CCCN2c3cccc4cccc(c34)S2(=O)=O)C(C)C(=O)NC(C)C)cc1. The molecule has 0 radical (unpaired) electrons. The molecule has 0 fully saturated rings. The van der Waals surface area contributed by atoms with Gasteiger partial charge in [0.05, 0.1) is 17.7 Å². The molecule has 0 aromatic heterocycles. The van der Waals surface area contributed by atoms with Gasteiger partial charge in [-0.05, 0) is 62.4 Å². The predicted octanol–water partition coefficient (Wildman–Crippen LogP) is 4.08. The summed E-state index contributed by atoms with van der Waals surface area (Å²) in [6.45, 7) is 5.87. The number of nitrogens with one attached hydrogen (secondary N) is 1. The van der Waals surface area contributed by atoms with E-state index < -0.39 is 16.1 Å². The number of hydrogen-bond donors (Lipinski definition) is 1. The molecule has 1 atom stereocenters. The van der Waals surface area contributed by atoms with E-state index in [0.717, 1.165) is 16.3 Å². The average Bonchev–Trinajstić information content (AvgIpc) is 3.10.